The molecule has 0 radical (unpaired) electrons. The number of carbonyl (C=O) groups is 2. The SMILES string of the molecule is O=C1NC(=S)N(c2cccc(Cl)c2Cl)C(=O)/C1=C/c1cc(I)c(OCc2ccc([N+](=O)[O-])cc2)c(I)c1. The van der Waals surface area contributed by atoms with Crippen LogP contribution < -0.4 is 15.0 Å². The fourth-order valence-electron chi connectivity index (χ4n) is 3.38. The molecular weight excluding hydrogens is 767 g/mol. The lowest BCUT2D eigenvalue weighted by molar-refractivity contribution is -0.384. The average Bonchev–Trinajstić information content (AvgIpc) is 2.84. The largest absolute Gasteiger partial charge is 0.487 e. The molecule has 8 nitrogen and oxygen atoms in total. The van der Waals surface area contributed by atoms with Crippen molar-refractivity contribution >= 4 is 115 Å². The Balaban J connectivity index is 1.59. The minimum atomic E-state index is -0.638. The van der Waals surface area contributed by atoms with Gasteiger partial charge in [-0.25, -0.2) is 0 Å². The monoisotopic (exact) mass is 779 g/mol. The van der Waals surface area contributed by atoms with E-state index in [4.69, 9.17) is 40.2 Å². The second-order valence-electron chi connectivity index (χ2n) is 7.56. The summed E-state index contributed by atoms with van der Waals surface area (Å²) < 4.78 is 7.44. The molecule has 1 aliphatic heterocycles. The highest BCUT2D eigenvalue weighted by atomic mass is 127. The number of non-ortho nitro benzene ring substituents is 1. The molecule has 3 aromatic carbocycles. The first kappa shape index (κ1) is 27.7. The Morgan fingerprint density at radius 2 is 1.73 bits per heavy atom. The molecule has 2 amide bonds. The highest BCUT2D eigenvalue weighted by molar-refractivity contribution is 14.1. The highest BCUT2D eigenvalue weighted by Gasteiger charge is 2.35. The zero-order valence-corrected chi connectivity index (χ0v) is 25.0. The number of rotatable bonds is 6. The Labute approximate surface area is 253 Å². The van der Waals surface area contributed by atoms with Crippen molar-refractivity contribution < 1.29 is 19.2 Å². The Kier molecular flexibility index (Phi) is 8.68. The van der Waals surface area contributed by atoms with Gasteiger partial charge in [-0.1, -0.05) is 29.3 Å². The van der Waals surface area contributed by atoms with Gasteiger partial charge in [0.2, 0.25) is 0 Å². The van der Waals surface area contributed by atoms with E-state index in [1.165, 1.54) is 18.2 Å². The number of nitro benzene ring substituents is 1. The minimum Gasteiger partial charge on any atom is -0.487 e. The summed E-state index contributed by atoms with van der Waals surface area (Å²) in [5, 5.41) is 13.6. The van der Waals surface area contributed by atoms with E-state index < -0.39 is 16.7 Å². The van der Waals surface area contributed by atoms with Crippen LogP contribution in [0.5, 0.6) is 5.75 Å². The van der Waals surface area contributed by atoms with Crippen LogP contribution in [-0.4, -0.2) is 21.9 Å². The van der Waals surface area contributed by atoms with Gasteiger partial charge in [0.15, 0.2) is 5.11 Å². The van der Waals surface area contributed by atoms with Crippen LogP contribution in [-0.2, 0) is 16.2 Å². The van der Waals surface area contributed by atoms with Crippen LogP contribution >= 0.6 is 80.6 Å². The summed E-state index contributed by atoms with van der Waals surface area (Å²) in [6, 6.07) is 14.4. The molecule has 0 unspecified atom stereocenters. The highest BCUT2D eigenvalue weighted by Crippen LogP contribution is 2.35. The van der Waals surface area contributed by atoms with Gasteiger partial charge in [0.05, 0.1) is 27.8 Å². The third-order valence-electron chi connectivity index (χ3n) is 5.14. The molecule has 0 atom stereocenters. The fourth-order valence-corrected chi connectivity index (χ4v) is 6.16. The molecule has 1 aliphatic rings. The van der Waals surface area contributed by atoms with Gasteiger partial charge >= 0.3 is 0 Å². The first-order valence-corrected chi connectivity index (χ1v) is 13.6. The van der Waals surface area contributed by atoms with Crippen molar-refractivity contribution in [1.29, 1.82) is 0 Å². The van der Waals surface area contributed by atoms with Crippen molar-refractivity contribution in [1.82, 2.24) is 5.32 Å². The topological polar surface area (TPSA) is 102 Å². The fraction of sp³-hybridized carbons (Fsp3) is 0.0417. The number of nitro groups is 1. The first-order valence-electron chi connectivity index (χ1n) is 10.3. The third-order valence-corrected chi connectivity index (χ3v) is 7.83. The molecule has 1 fully saturated rings. The smallest absolute Gasteiger partial charge is 0.270 e. The van der Waals surface area contributed by atoms with Crippen molar-refractivity contribution in [2.45, 2.75) is 6.61 Å². The predicted molar refractivity (Wildman–Crippen MR) is 162 cm³/mol. The summed E-state index contributed by atoms with van der Waals surface area (Å²) in [5.41, 5.74) is 1.50. The number of hydrogen-bond donors (Lipinski definition) is 1. The maximum Gasteiger partial charge on any atom is 0.270 e. The second-order valence-corrected chi connectivity index (χ2v) is 11.1. The summed E-state index contributed by atoms with van der Waals surface area (Å²) in [5.74, 6) is -0.663. The number of carbonyl (C=O) groups excluding carboxylic acids is 2. The van der Waals surface area contributed by atoms with Crippen LogP contribution in [0.15, 0.2) is 60.2 Å². The number of nitrogens with one attached hydrogen (secondary N) is 1. The molecular formula is C24H13Cl2I2N3O5S. The van der Waals surface area contributed by atoms with Crippen molar-refractivity contribution in [3.63, 3.8) is 0 Å². The number of ether oxygens (including phenoxy) is 1. The summed E-state index contributed by atoms with van der Waals surface area (Å²) in [7, 11) is 0. The first-order chi connectivity index (χ1) is 17.6. The Morgan fingerprint density at radius 1 is 1.08 bits per heavy atom. The Bertz CT molecular complexity index is 1480. The van der Waals surface area contributed by atoms with E-state index in [0.29, 0.717) is 11.3 Å². The van der Waals surface area contributed by atoms with E-state index in [2.05, 4.69) is 50.5 Å². The molecule has 0 aromatic heterocycles. The summed E-state index contributed by atoms with van der Waals surface area (Å²) in [4.78, 5) is 37.5. The third kappa shape index (κ3) is 6.06. The van der Waals surface area contributed by atoms with Crippen LogP contribution in [0.1, 0.15) is 11.1 Å². The molecule has 1 saturated heterocycles. The van der Waals surface area contributed by atoms with Crippen LogP contribution in [0.4, 0.5) is 11.4 Å². The van der Waals surface area contributed by atoms with Crippen LogP contribution in [0.3, 0.4) is 0 Å². The van der Waals surface area contributed by atoms with E-state index in [-0.39, 0.29) is 38.7 Å². The second kappa shape index (κ2) is 11.6. The molecule has 0 spiro atoms. The number of halogens is 4. The molecule has 37 heavy (non-hydrogen) atoms. The predicted octanol–water partition coefficient (Wildman–Crippen LogP) is 6.52. The van der Waals surface area contributed by atoms with Crippen molar-refractivity contribution in [2.75, 3.05) is 4.90 Å². The summed E-state index contributed by atoms with van der Waals surface area (Å²) >= 11 is 21.8. The molecule has 1 heterocycles. The number of thiocarbonyl (C=S) groups is 1. The van der Waals surface area contributed by atoms with Crippen LogP contribution in [0.2, 0.25) is 10.0 Å². The van der Waals surface area contributed by atoms with Gasteiger partial charge in [0.1, 0.15) is 17.9 Å². The van der Waals surface area contributed by atoms with Gasteiger partial charge in [-0.15, -0.1) is 0 Å². The quantitative estimate of drug-likeness (QED) is 0.0764. The van der Waals surface area contributed by atoms with Crippen molar-refractivity contribution in [3.8, 4) is 5.75 Å². The number of hydrogen-bond acceptors (Lipinski definition) is 6. The summed E-state index contributed by atoms with van der Waals surface area (Å²) in [6.07, 6.45) is 1.47. The zero-order valence-electron chi connectivity index (χ0n) is 18.3. The van der Waals surface area contributed by atoms with Crippen LogP contribution in [0, 0.1) is 17.3 Å². The Hall–Kier alpha value is -2.33. The van der Waals surface area contributed by atoms with Gasteiger partial charge in [-0.05, 0) is 111 Å². The minimum absolute atomic E-state index is 0.00330. The van der Waals surface area contributed by atoms with Gasteiger partial charge in [0, 0.05) is 12.1 Å². The number of benzene rings is 3. The standard InChI is InChI=1S/C24H13Cl2I2N3O5S/c25-16-2-1-3-19(20(16)26)30-23(33)15(22(32)29-24(30)37)8-13-9-17(27)21(18(28)10-13)36-11-12-4-6-14(7-5-12)31(34)35/h1-10H,11H2,(H,29,32,37)/b15-8+. The lowest BCUT2D eigenvalue weighted by atomic mass is 10.1. The van der Waals surface area contributed by atoms with E-state index in [1.54, 1.807) is 42.5 Å². The zero-order chi connectivity index (χ0) is 26.9. The van der Waals surface area contributed by atoms with E-state index >= 15 is 0 Å². The molecule has 3 aromatic rings. The van der Waals surface area contributed by atoms with Crippen molar-refractivity contribution in [2.24, 2.45) is 0 Å². The van der Waals surface area contributed by atoms with Gasteiger partial charge < -0.3 is 4.74 Å². The molecule has 4 rings (SSSR count). The van der Waals surface area contributed by atoms with Gasteiger partial charge in [-0.3, -0.25) is 29.9 Å². The lowest BCUT2D eigenvalue weighted by Gasteiger charge is -2.29. The van der Waals surface area contributed by atoms with Crippen LogP contribution in [0.25, 0.3) is 6.08 Å². The van der Waals surface area contributed by atoms with Crippen molar-refractivity contribution in [3.05, 3.63) is 98.6 Å². The average molecular weight is 780 g/mol. The van der Waals surface area contributed by atoms with E-state index in [0.717, 1.165) is 17.6 Å². The number of amides is 2. The molecule has 0 bridgehead atoms. The Morgan fingerprint density at radius 3 is 2.35 bits per heavy atom. The normalized spacial score (nSPS) is 14.6. The summed E-state index contributed by atoms with van der Waals surface area (Å²) in [6.45, 7) is 0.206. The maximum absolute atomic E-state index is 13.3. The molecule has 0 saturated carbocycles. The van der Waals surface area contributed by atoms with E-state index in [9.17, 15) is 19.7 Å². The molecule has 188 valence electrons. The molecule has 0 aliphatic carbocycles. The molecule has 13 heteroatoms. The van der Waals surface area contributed by atoms with E-state index in [1.807, 2.05) is 0 Å². The lowest BCUT2D eigenvalue weighted by Crippen LogP contribution is -2.54. The molecule has 1 N–H and O–H groups in total. The van der Waals surface area contributed by atoms with Gasteiger partial charge in [0.25, 0.3) is 17.5 Å². The number of nitrogens with zero attached hydrogens (tertiary/aromatic N) is 2. The maximum atomic E-state index is 13.3. The number of anilines is 1. The van der Waals surface area contributed by atoms with Gasteiger partial charge in [-0.2, -0.15) is 0 Å².